The van der Waals surface area contributed by atoms with Gasteiger partial charge in [0, 0.05) is 19.1 Å². The van der Waals surface area contributed by atoms with E-state index in [9.17, 15) is 5.11 Å². The molecule has 94 valence electrons. The number of β-amino-alcohol motifs (C(OH)–C–C–N with tert-alkyl or cyclic N) is 1. The van der Waals surface area contributed by atoms with E-state index in [-0.39, 0.29) is 6.10 Å². The summed E-state index contributed by atoms with van der Waals surface area (Å²) in [5, 5.41) is 10.2. The minimum absolute atomic E-state index is 0.358. The van der Waals surface area contributed by atoms with Gasteiger partial charge in [0.2, 0.25) is 0 Å². The highest BCUT2D eigenvalue weighted by Crippen LogP contribution is 2.25. The summed E-state index contributed by atoms with van der Waals surface area (Å²) in [4.78, 5) is 2.40. The molecule has 0 amide bonds. The van der Waals surface area contributed by atoms with Crippen molar-refractivity contribution >= 4 is 0 Å². The Morgan fingerprint density at radius 1 is 1.29 bits per heavy atom. The maximum atomic E-state index is 10.2. The zero-order valence-corrected chi connectivity index (χ0v) is 11.1. The summed E-state index contributed by atoms with van der Waals surface area (Å²) in [6, 6.07) is 8.79. The third-order valence-corrected chi connectivity index (χ3v) is 3.78. The second-order valence-corrected chi connectivity index (χ2v) is 5.57. The van der Waals surface area contributed by atoms with E-state index < -0.39 is 0 Å². The lowest BCUT2D eigenvalue weighted by Crippen LogP contribution is -2.31. The molecule has 1 N–H and O–H groups in total. The lowest BCUT2D eigenvalue weighted by atomic mass is 10.1. The Hall–Kier alpha value is -0.860. The van der Waals surface area contributed by atoms with Crippen molar-refractivity contribution in [1.82, 2.24) is 4.90 Å². The molecule has 1 saturated heterocycles. The van der Waals surface area contributed by atoms with Crippen LogP contribution in [0.15, 0.2) is 24.3 Å². The summed E-state index contributed by atoms with van der Waals surface area (Å²) in [5.41, 5.74) is 2.27. The molecule has 0 spiro atoms. The lowest BCUT2D eigenvalue weighted by molar-refractivity contribution is 0.109. The number of aryl methyl sites for hydroxylation is 1. The molecular weight excluding hydrogens is 210 g/mol. The van der Waals surface area contributed by atoms with Crippen LogP contribution in [0.4, 0.5) is 0 Å². The molecule has 1 aliphatic heterocycles. The summed E-state index contributed by atoms with van der Waals surface area (Å²) >= 11 is 0. The molecule has 2 nitrogen and oxygen atoms in total. The molecule has 3 unspecified atom stereocenters. The van der Waals surface area contributed by atoms with Crippen LogP contribution in [0.5, 0.6) is 0 Å². The number of nitrogens with zero attached hydrogens (tertiary/aromatic N) is 1. The SMILES string of the molecule is Cc1ccc(C(O)CN2CC(C)CC2C)cc1. The highest BCUT2D eigenvalue weighted by molar-refractivity contribution is 5.23. The van der Waals surface area contributed by atoms with E-state index in [0.717, 1.165) is 24.6 Å². The number of hydrogen-bond acceptors (Lipinski definition) is 2. The van der Waals surface area contributed by atoms with Crippen LogP contribution in [0.25, 0.3) is 0 Å². The van der Waals surface area contributed by atoms with E-state index in [1.807, 2.05) is 12.1 Å². The smallest absolute Gasteiger partial charge is 0.0917 e. The summed E-state index contributed by atoms with van der Waals surface area (Å²) in [7, 11) is 0. The quantitative estimate of drug-likeness (QED) is 0.867. The number of likely N-dealkylation sites (tertiary alicyclic amines) is 1. The van der Waals surface area contributed by atoms with Crippen molar-refractivity contribution in [3.63, 3.8) is 0 Å². The van der Waals surface area contributed by atoms with Crippen molar-refractivity contribution in [3.05, 3.63) is 35.4 Å². The van der Waals surface area contributed by atoms with Gasteiger partial charge in [-0.05, 0) is 31.7 Å². The highest BCUT2D eigenvalue weighted by atomic mass is 16.3. The van der Waals surface area contributed by atoms with E-state index in [1.165, 1.54) is 12.0 Å². The molecule has 0 saturated carbocycles. The van der Waals surface area contributed by atoms with Crippen LogP contribution < -0.4 is 0 Å². The molecular formula is C15H23NO. The van der Waals surface area contributed by atoms with E-state index >= 15 is 0 Å². The van der Waals surface area contributed by atoms with E-state index in [1.54, 1.807) is 0 Å². The fourth-order valence-corrected chi connectivity index (χ4v) is 2.76. The van der Waals surface area contributed by atoms with Gasteiger partial charge < -0.3 is 5.11 Å². The van der Waals surface area contributed by atoms with Crippen molar-refractivity contribution in [3.8, 4) is 0 Å². The monoisotopic (exact) mass is 233 g/mol. The average Bonchev–Trinajstić information content (AvgIpc) is 2.58. The molecule has 17 heavy (non-hydrogen) atoms. The highest BCUT2D eigenvalue weighted by Gasteiger charge is 2.27. The Kier molecular flexibility index (Phi) is 3.85. The summed E-state index contributed by atoms with van der Waals surface area (Å²) in [5.74, 6) is 0.759. The molecule has 3 atom stereocenters. The van der Waals surface area contributed by atoms with Crippen molar-refractivity contribution in [1.29, 1.82) is 0 Å². The molecule has 0 aromatic heterocycles. The van der Waals surface area contributed by atoms with Gasteiger partial charge >= 0.3 is 0 Å². The number of benzene rings is 1. The second kappa shape index (κ2) is 5.19. The number of hydrogen-bond donors (Lipinski definition) is 1. The first kappa shape index (κ1) is 12.6. The Bertz CT molecular complexity index is 360. The molecule has 1 aromatic carbocycles. The molecule has 1 heterocycles. The lowest BCUT2D eigenvalue weighted by Gasteiger charge is -2.24. The van der Waals surface area contributed by atoms with E-state index in [4.69, 9.17) is 0 Å². The maximum absolute atomic E-state index is 10.2. The fraction of sp³-hybridized carbons (Fsp3) is 0.600. The van der Waals surface area contributed by atoms with E-state index in [0.29, 0.717) is 6.04 Å². The van der Waals surface area contributed by atoms with Gasteiger partial charge in [-0.3, -0.25) is 4.90 Å². The normalized spacial score (nSPS) is 27.3. The predicted octanol–water partition coefficient (Wildman–Crippen LogP) is 2.76. The fourth-order valence-electron chi connectivity index (χ4n) is 2.76. The van der Waals surface area contributed by atoms with Crippen molar-refractivity contribution in [2.45, 2.75) is 39.3 Å². The van der Waals surface area contributed by atoms with Gasteiger partial charge in [0.05, 0.1) is 6.10 Å². The van der Waals surface area contributed by atoms with Crippen LogP contribution in [0.2, 0.25) is 0 Å². The van der Waals surface area contributed by atoms with Crippen molar-refractivity contribution in [2.75, 3.05) is 13.1 Å². The van der Waals surface area contributed by atoms with Crippen molar-refractivity contribution in [2.24, 2.45) is 5.92 Å². The van der Waals surface area contributed by atoms with Crippen molar-refractivity contribution < 1.29 is 5.11 Å². The van der Waals surface area contributed by atoms with Crippen LogP contribution in [0.1, 0.15) is 37.5 Å². The van der Waals surface area contributed by atoms with Gasteiger partial charge in [0.25, 0.3) is 0 Å². The van der Waals surface area contributed by atoms with Crippen LogP contribution in [0.3, 0.4) is 0 Å². The second-order valence-electron chi connectivity index (χ2n) is 5.57. The average molecular weight is 233 g/mol. The molecule has 0 radical (unpaired) electrons. The number of aliphatic hydroxyl groups is 1. The van der Waals surface area contributed by atoms with Crippen LogP contribution >= 0.6 is 0 Å². The van der Waals surface area contributed by atoms with E-state index in [2.05, 4.69) is 37.8 Å². The van der Waals surface area contributed by atoms with Crippen LogP contribution in [-0.2, 0) is 0 Å². The Morgan fingerprint density at radius 3 is 2.47 bits per heavy atom. The van der Waals surface area contributed by atoms with Gasteiger partial charge in [-0.25, -0.2) is 0 Å². The summed E-state index contributed by atoms with van der Waals surface area (Å²) < 4.78 is 0. The molecule has 1 fully saturated rings. The Morgan fingerprint density at radius 2 is 1.94 bits per heavy atom. The molecule has 1 aromatic rings. The minimum atomic E-state index is -0.358. The Balaban J connectivity index is 1.97. The zero-order chi connectivity index (χ0) is 12.4. The number of rotatable bonds is 3. The maximum Gasteiger partial charge on any atom is 0.0917 e. The third-order valence-electron chi connectivity index (χ3n) is 3.78. The van der Waals surface area contributed by atoms with Gasteiger partial charge in [0.1, 0.15) is 0 Å². The van der Waals surface area contributed by atoms with Gasteiger partial charge in [-0.2, -0.15) is 0 Å². The zero-order valence-electron chi connectivity index (χ0n) is 11.1. The van der Waals surface area contributed by atoms with Crippen LogP contribution in [0, 0.1) is 12.8 Å². The molecule has 0 aliphatic carbocycles. The topological polar surface area (TPSA) is 23.5 Å². The molecule has 2 heteroatoms. The molecule has 0 bridgehead atoms. The molecule has 1 aliphatic rings. The molecule has 2 rings (SSSR count). The predicted molar refractivity (Wildman–Crippen MR) is 71.0 cm³/mol. The first-order valence-electron chi connectivity index (χ1n) is 6.55. The largest absolute Gasteiger partial charge is 0.387 e. The first-order valence-corrected chi connectivity index (χ1v) is 6.55. The standard InChI is InChI=1S/C15H23NO/c1-11-4-6-14(7-5-11)15(17)10-16-9-12(2)8-13(16)3/h4-7,12-13,15,17H,8-10H2,1-3H3. The first-order chi connectivity index (χ1) is 8.06. The third kappa shape index (κ3) is 3.08. The summed E-state index contributed by atoms with van der Waals surface area (Å²) in [6.45, 7) is 8.49. The summed E-state index contributed by atoms with van der Waals surface area (Å²) in [6.07, 6.45) is 0.893. The van der Waals surface area contributed by atoms with Gasteiger partial charge in [-0.15, -0.1) is 0 Å². The Labute approximate surface area is 104 Å². The minimum Gasteiger partial charge on any atom is -0.387 e. The van der Waals surface area contributed by atoms with Gasteiger partial charge in [-0.1, -0.05) is 36.8 Å². The van der Waals surface area contributed by atoms with Crippen LogP contribution in [-0.4, -0.2) is 29.1 Å². The number of aliphatic hydroxyl groups excluding tert-OH is 1. The van der Waals surface area contributed by atoms with Gasteiger partial charge in [0.15, 0.2) is 0 Å².